The lowest BCUT2D eigenvalue weighted by Crippen LogP contribution is -2.48. The van der Waals surface area contributed by atoms with Gasteiger partial charge in [-0.1, -0.05) is 89.1 Å². The Morgan fingerprint density at radius 1 is 0.783 bits per heavy atom. The minimum absolute atomic E-state index is 0.0882. The Balaban J connectivity index is 1.74. The van der Waals surface area contributed by atoms with E-state index in [1.165, 1.54) is 27.9 Å². The Morgan fingerprint density at radius 3 is 1.91 bits per heavy atom. The van der Waals surface area contributed by atoms with Crippen LogP contribution in [0.5, 0.6) is 5.75 Å². The Bertz CT molecular complexity index is 1340. The first kappa shape index (κ1) is 36.6. The van der Waals surface area contributed by atoms with Crippen molar-refractivity contribution in [2.45, 2.75) is 67.2 Å². The lowest BCUT2D eigenvalue weighted by molar-refractivity contribution is 0.0650. The third-order valence-corrected chi connectivity index (χ3v) is 8.40. The van der Waals surface area contributed by atoms with Gasteiger partial charge in [0.2, 0.25) is 0 Å². The van der Waals surface area contributed by atoms with Crippen molar-refractivity contribution in [3.8, 4) is 5.75 Å². The first-order valence-electron chi connectivity index (χ1n) is 16.9. The molecule has 248 valence electrons. The van der Waals surface area contributed by atoms with E-state index in [4.69, 9.17) is 4.74 Å². The standard InChI is InChI=1S/C41H57N3O2/c1-33(2)14-11-16-35(5)23-26-43(27-24-36(6)17-12-15-34(3)4)39-32-38(21-22-40(39)46-7)41(45)44-30-28-42(29-31-44)25-13-20-37-18-9-8-10-19-37/h8-10,13-15,18-24,32H,11-12,16-17,25-31H2,1-7H3/b20-13+,35-23+,36-24+. The molecule has 0 bridgehead atoms. The second kappa shape index (κ2) is 19.6. The minimum Gasteiger partial charge on any atom is -0.495 e. The maximum atomic E-state index is 13.8. The van der Waals surface area contributed by atoms with Gasteiger partial charge in [0.1, 0.15) is 5.75 Å². The van der Waals surface area contributed by atoms with E-state index < -0.39 is 0 Å². The number of methoxy groups -OCH3 is 1. The van der Waals surface area contributed by atoms with Crippen LogP contribution in [0.4, 0.5) is 5.69 Å². The van der Waals surface area contributed by atoms with Crippen molar-refractivity contribution >= 4 is 17.7 Å². The molecule has 0 N–H and O–H groups in total. The largest absolute Gasteiger partial charge is 0.495 e. The van der Waals surface area contributed by atoms with Crippen molar-refractivity contribution in [3.05, 3.63) is 112 Å². The van der Waals surface area contributed by atoms with E-state index in [2.05, 4.69) is 112 Å². The number of nitrogens with zero attached hydrogens (tertiary/aromatic N) is 3. The van der Waals surface area contributed by atoms with E-state index in [-0.39, 0.29) is 5.91 Å². The number of benzene rings is 2. The number of rotatable bonds is 16. The Morgan fingerprint density at radius 2 is 1.37 bits per heavy atom. The Labute approximate surface area is 279 Å². The number of piperazine rings is 1. The van der Waals surface area contributed by atoms with Crippen LogP contribution < -0.4 is 9.64 Å². The Kier molecular flexibility index (Phi) is 15.6. The third kappa shape index (κ3) is 12.9. The van der Waals surface area contributed by atoms with Gasteiger partial charge < -0.3 is 14.5 Å². The first-order chi connectivity index (χ1) is 22.2. The molecule has 0 spiro atoms. The number of hydrogen-bond donors (Lipinski definition) is 0. The van der Waals surface area contributed by atoms with Gasteiger partial charge in [-0.05, 0) is 91.0 Å². The molecule has 3 rings (SSSR count). The molecular weight excluding hydrogens is 566 g/mol. The summed E-state index contributed by atoms with van der Waals surface area (Å²) in [6, 6.07) is 16.3. The second-order valence-electron chi connectivity index (χ2n) is 12.9. The highest BCUT2D eigenvalue weighted by molar-refractivity contribution is 5.96. The number of carbonyl (C=O) groups is 1. The second-order valence-corrected chi connectivity index (χ2v) is 12.9. The molecule has 0 atom stereocenters. The molecule has 1 aliphatic heterocycles. The van der Waals surface area contributed by atoms with Crippen LogP contribution in [0.2, 0.25) is 0 Å². The highest BCUT2D eigenvalue weighted by Crippen LogP contribution is 2.31. The molecule has 1 amide bonds. The minimum atomic E-state index is 0.0882. The topological polar surface area (TPSA) is 36.0 Å². The molecular formula is C41H57N3O2. The molecule has 5 nitrogen and oxygen atoms in total. The van der Waals surface area contributed by atoms with Gasteiger partial charge in [-0.2, -0.15) is 0 Å². The lowest BCUT2D eigenvalue weighted by Gasteiger charge is -2.34. The van der Waals surface area contributed by atoms with Crippen LogP contribution in [0.25, 0.3) is 6.08 Å². The van der Waals surface area contributed by atoms with Crippen molar-refractivity contribution in [2.75, 3.05) is 57.8 Å². The van der Waals surface area contributed by atoms with Crippen LogP contribution in [0.1, 0.15) is 83.1 Å². The summed E-state index contributed by atoms with van der Waals surface area (Å²) >= 11 is 0. The number of hydrogen-bond acceptors (Lipinski definition) is 4. The van der Waals surface area contributed by atoms with Crippen LogP contribution in [-0.4, -0.2) is 68.6 Å². The number of ether oxygens (including phenoxy) is 1. The van der Waals surface area contributed by atoms with Gasteiger partial charge in [-0.25, -0.2) is 0 Å². The fourth-order valence-corrected chi connectivity index (χ4v) is 5.47. The van der Waals surface area contributed by atoms with Gasteiger partial charge in [0.05, 0.1) is 12.8 Å². The SMILES string of the molecule is COc1ccc(C(=O)N2CCN(C/C=C/c3ccccc3)CC2)cc1N(C/C=C(\C)CCC=C(C)C)C/C=C(\C)CCC=C(C)C. The molecule has 0 aliphatic carbocycles. The number of allylic oxidation sites excluding steroid dienone is 6. The maximum absolute atomic E-state index is 13.8. The fraction of sp³-hybridized carbons (Fsp3) is 0.439. The average Bonchev–Trinajstić information content (AvgIpc) is 3.04. The molecule has 2 aromatic rings. The maximum Gasteiger partial charge on any atom is 0.254 e. The summed E-state index contributed by atoms with van der Waals surface area (Å²) in [5.74, 6) is 0.878. The van der Waals surface area contributed by atoms with Crippen molar-refractivity contribution in [2.24, 2.45) is 0 Å². The molecule has 46 heavy (non-hydrogen) atoms. The van der Waals surface area contributed by atoms with Crippen molar-refractivity contribution in [1.82, 2.24) is 9.80 Å². The van der Waals surface area contributed by atoms with Crippen LogP contribution in [0.3, 0.4) is 0 Å². The molecule has 0 saturated carbocycles. The van der Waals surface area contributed by atoms with Crippen LogP contribution in [-0.2, 0) is 0 Å². The predicted molar refractivity (Wildman–Crippen MR) is 198 cm³/mol. The number of carbonyl (C=O) groups excluding carboxylic acids is 1. The number of anilines is 1. The van der Waals surface area contributed by atoms with Crippen LogP contribution >= 0.6 is 0 Å². The zero-order valence-electron chi connectivity index (χ0n) is 29.5. The third-order valence-electron chi connectivity index (χ3n) is 8.40. The van der Waals surface area contributed by atoms with E-state index in [1.807, 2.05) is 29.2 Å². The highest BCUT2D eigenvalue weighted by Gasteiger charge is 2.23. The van der Waals surface area contributed by atoms with E-state index in [0.717, 1.165) is 82.9 Å². The highest BCUT2D eigenvalue weighted by atomic mass is 16.5. The van der Waals surface area contributed by atoms with Gasteiger partial charge in [0.25, 0.3) is 5.91 Å². The first-order valence-corrected chi connectivity index (χ1v) is 16.9. The van der Waals surface area contributed by atoms with Crippen molar-refractivity contribution in [3.63, 3.8) is 0 Å². The summed E-state index contributed by atoms with van der Waals surface area (Å²) in [4.78, 5) is 20.5. The lowest BCUT2D eigenvalue weighted by atomic mass is 10.1. The summed E-state index contributed by atoms with van der Waals surface area (Å²) in [7, 11) is 1.71. The molecule has 1 heterocycles. The van der Waals surface area contributed by atoms with Gasteiger partial charge in [-0.15, -0.1) is 0 Å². The molecule has 5 heteroatoms. The van der Waals surface area contributed by atoms with Crippen molar-refractivity contribution in [1.29, 1.82) is 0 Å². The Hall–Kier alpha value is -3.83. The van der Waals surface area contributed by atoms with E-state index >= 15 is 0 Å². The summed E-state index contributed by atoms with van der Waals surface area (Å²) in [5.41, 5.74) is 8.34. The summed E-state index contributed by atoms with van der Waals surface area (Å²) < 4.78 is 5.85. The van der Waals surface area contributed by atoms with Gasteiger partial charge >= 0.3 is 0 Å². The zero-order chi connectivity index (χ0) is 33.3. The van der Waals surface area contributed by atoms with Gasteiger partial charge in [-0.3, -0.25) is 9.69 Å². The molecule has 0 aromatic heterocycles. The zero-order valence-corrected chi connectivity index (χ0v) is 29.5. The molecule has 0 radical (unpaired) electrons. The fourth-order valence-electron chi connectivity index (χ4n) is 5.47. The monoisotopic (exact) mass is 623 g/mol. The predicted octanol–water partition coefficient (Wildman–Crippen LogP) is 9.36. The summed E-state index contributed by atoms with van der Waals surface area (Å²) in [6.07, 6.45) is 17.8. The number of amides is 1. The van der Waals surface area contributed by atoms with Crippen LogP contribution in [0, 0.1) is 0 Å². The van der Waals surface area contributed by atoms with Gasteiger partial charge in [0.15, 0.2) is 0 Å². The van der Waals surface area contributed by atoms with Gasteiger partial charge in [0, 0.05) is 51.4 Å². The van der Waals surface area contributed by atoms with E-state index in [0.29, 0.717) is 5.56 Å². The molecule has 2 aromatic carbocycles. The molecule has 1 fully saturated rings. The summed E-state index contributed by atoms with van der Waals surface area (Å²) in [5, 5.41) is 0. The van der Waals surface area contributed by atoms with Crippen molar-refractivity contribution < 1.29 is 9.53 Å². The van der Waals surface area contributed by atoms with E-state index in [9.17, 15) is 4.79 Å². The molecule has 1 aliphatic rings. The smallest absolute Gasteiger partial charge is 0.254 e. The average molecular weight is 624 g/mol. The normalized spacial score (nSPS) is 14.4. The molecule has 1 saturated heterocycles. The van der Waals surface area contributed by atoms with Crippen LogP contribution in [0.15, 0.2) is 101 Å². The molecule has 0 unspecified atom stereocenters. The van der Waals surface area contributed by atoms with E-state index in [1.54, 1.807) is 7.11 Å². The quantitative estimate of drug-likeness (QED) is 0.175. The summed E-state index contributed by atoms with van der Waals surface area (Å²) in [6.45, 7) is 18.6.